The molecule has 0 atom stereocenters. The van der Waals surface area contributed by atoms with E-state index in [0.29, 0.717) is 11.1 Å². The molecule has 9 aromatic carbocycles. The number of furan rings is 1. The summed E-state index contributed by atoms with van der Waals surface area (Å²) < 4.78 is 34.2. The molecule has 0 aliphatic heterocycles. The second-order valence-corrected chi connectivity index (χ2v) is 28.4. The topological polar surface area (TPSA) is 43.9 Å². The van der Waals surface area contributed by atoms with Crippen molar-refractivity contribution in [2.45, 2.75) is 24.1 Å². The zero-order valence-electron chi connectivity index (χ0n) is 40.8. The van der Waals surface area contributed by atoms with E-state index in [0.717, 1.165) is 99.9 Å². The molecule has 0 spiro atoms. The van der Waals surface area contributed by atoms with E-state index in [4.69, 9.17) is 13.5 Å². The van der Waals surface area contributed by atoms with Crippen molar-refractivity contribution in [3.63, 3.8) is 0 Å². The summed E-state index contributed by atoms with van der Waals surface area (Å²) >= 11 is -1.72. The van der Waals surface area contributed by atoms with Gasteiger partial charge in [-0.3, -0.25) is 4.98 Å². The largest absolute Gasteiger partial charge is 0 e. The summed E-state index contributed by atoms with van der Waals surface area (Å²) in [6, 6.07) is 76.3. The van der Waals surface area contributed by atoms with E-state index in [-0.39, 0.29) is 20.1 Å². The molecule has 0 bridgehead atoms. The Balaban J connectivity index is 0.000000292. The van der Waals surface area contributed by atoms with Gasteiger partial charge in [0.05, 0.1) is 28.1 Å². The molecule has 4 nitrogen and oxygen atoms in total. The number of aromatic nitrogens is 3. The quantitative estimate of drug-likeness (QED) is 0.118. The smallest absolute Gasteiger partial charge is 0 e. The van der Waals surface area contributed by atoms with Gasteiger partial charge in [-0.25, -0.2) is 0 Å². The minimum Gasteiger partial charge on any atom is 0 e. The summed E-state index contributed by atoms with van der Waals surface area (Å²) in [7, 11) is 0. The number of hydrogen-bond donors (Lipinski definition) is 0. The summed E-state index contributed by atoms with van der Waals surface area (Å²) in [5.74, 6) is 7.87. The van der Waals surface area contributed by atoms with Gasteiger partial charge in [0.1, 0.15) is 5.58 Å². The molecule has 6 heteroatoms. The first-order valence-corrected chi connectivity index (χ1v) is 29.9. The molecule has 68 heavy (non-hydrogen) atoms. The normalized spacial score (nSPS) is 12.2. The number of imidazole rings is 1. The Bertz CT molecular complexity index is 3770. The summed E-state index contributed by atoms with van der Waals surface area (Å²) in [5, 5.41) is 4.09. The molecule has 0 amide bonds. The summed E-state index contributed by atoms with van der Waals surface area (Å²) in [5.41, 5.74) is 13.7. The van der Waals surface area contributed by atoms with Crippen LogP contribution in [-0.4, -0.2) is 27.8 Å². The predicted octanol–water partition coefficient (Wildman–Crippen LogP) is 15.9. The average molecular weight is 1120 g/mol. The van der Waals surface area contributed by atoms with Gasteiger partial charge >= 0.3 is 99.8 Å². The van der Waals surface area contributed by atoms with Crippen LogP contribution in [0.15, 0.2) is 217 Å². The first-order chi connectivity index (χ1) is 34.0. The minimum atomic E-state index is -2.17. The van der Waals surface area contributed by atoms with Crippen LogP contribution in [0.4, 0.5) is 0 Å². The minimum absolute atomic E-state index is 0. The second kappa shape index (κ2) is 18.9. The maximum atomic E-state index is 7.86. The van der Waals surface area contributed by atoms with E-state index in [1.165, 1.54) is 4.40 Å². The van der Waals surface area contributed by atoms with Crippen LogP contribution in [0, 0.1) is 19.0 Å². The molecule has 1 radical (unpaired) electrons. The number of rotatable bonds is 7. The molecule has 331 valence electrons. The van der Waals surface area contributed by atoms with E-state index in [1.807, 2.05) is 79.0 Å². The third kappa shape index (κ3) is 8.43. The molecule has 0 unspecified atom stereocenters. The van der Waals surface area contributed by atoms with Gasteiger partial charge in [-0.2, -0.15) is 0 Å². The molecule has 12 aromatic rings. The summed E-state index contributed by atoms with van der Waals surface area (Å²) in [6.07, 6.45) is 2.04. The molecular weight excluding hydrogens is 1070 g/mol. The molecule has 0 saturated heterocycles. The van der Waals surface area contributed by atoms with Crippen molar-refractivity contribution < 1.29 is 28.6 Å². The van der Waals surface area contributed by atoms with Crippen LogP contribution < -0.4 is 4.40 Å². The molecule has 3 heterocycles. The number of hydrogen-bond acceptors (Lipinski definition) is 3. The van der Waals surface area contributed by atoms with Gasteiger partial charge in [-0.15, -0.1) is 18.2 Å². The SMILES string of the molecule is [2H]C([2H])([2H])c1ccc(-c2cc3oc4c(-c5nc6ccccc6n5-c5c(-c6ccccc6)cccc5-c5ccccc5)[c-]ccc4c3c3ccccc23)cc1.[CH3][Ge]([CH3])([CH3])[c]1ccc(-c2[c-]cccc2)nc1.[Ir]. The molecule has 12 rings (SSSR count). The number of pyridine rings is 1. The number of nitrogens with zero attached hydrogens (tertiary/aromatic N) is 3. The van der Waals surface area contributed by atoms with Crippen LogP contribution in [-0.2, 0) is 20.1 Å². The first-order valence-electron chi connectivity index (χ1n) is 24.1. The number of aryl methyl sites for hydroxylation is 1. The van der Waals surface area contributed by atoms with Crippen molar-refractivity contribution in [3.05, 3.63) is 230 Å². The van der Waals surface area contributed by atoms with Crippen LogP contribution in [0.2, 0.25) is 17.3 Å². The molecule has 3 aromatic heterocycles. The van der Waals surface area contributed by atoms with Crippen LogP contribution in [0.3, 0.4) is 0 Å². The van der Waals surface area contributed by atoms with Gasteiger partial charge in [-0.1, -0.05) is 156 Å². The maximum absolute atomic E-state index is 7.86. The summed E-state index contributed by atoms with van der Waals surface area (Å²) in [4.78, 5) is 9.86. The van der Waals surface area contributed by atoms with Crippen molar-refractivity contribution >= 4 is 61.4 Å². The zero-order valence-corrected chi connectivity index (χ0v) is 42.3. The van der Waals surface area contributed by atoms with E-state index < -0.39 is 20.1 Å². The Morgan fingerprint density at radius 1 is 0.574 bits per heavy atom. The standard InChI is InChI=1S/C48H31N2O.C14H16GeN.Ir/c1-31-26-28-34(29-27-31)41-30-44-45(38-19-9-8-18-37(38)41)39-22-13-23-40(47(39)51-44)48-49-42-24-10-11-25-43(42)50(48)46-35(32-14-4-2-5-15-32)20-12-21-36(46)33-16-6-3-7-17-33;1-15(2,3)13-9-10-14(16-11-13)12-7-5-4-6-8-12;/h2-22,24-30H,1H3;4-7,9-11H,1-3H3;/q2*-1;/i1D3;;. The van der Waals surface area contributed by atoms with Crippen molar-refractivity contribution in [1.29, 1.82) is 0 Å². The number of para-hydroxylation sites is 3. The van der Waals surface area contributed by atoms with Crippen LogP contribution in [0.1, 0.15) is 9.68 Å². The molecule has 0 aliphatic carbocycles. The fourth-order valence-electron chi connectivity index (χ4n) is 9.12. The fourth-order valence-corrected chi connectivity index (χ4v) is 11.3. The molecule has 0 saturated carbocycles. The van der Waals surface area contributed by atoms with E-state index in [1.54, 1.807) is 12.1 Å². The molecule has 0 fully saturated rings. The maximum Gasteiger partial charge on any atom is 0 e. The van der Waals surface area contributed by atoms with Gasteiger partial charge in [0, 0.05) is 40.7 Å². The van der Waals surface area contributed by atoms with E-state index in [9.17, 15) is 0 Å². The summed E-state index contributed by atoms with van der Waals surface area (Å²) in [6.45, 7) is -2.17. The van der Waals surface area contributed by atoms with Crippen molar-refractivity contribution in [1.82, 2.24) is 14.5 Å². The van der Waals surface area contributed by atoms with Crippen LogP contribution in [0.5, 0.6) is 0 Å². The second-order valence-electron chi connectivity index (χ2n) is 17.8. The Morgan fingerprint density at radius 2 is 1.24 bits per heavy atom. The zero-order chi connectivity index (χ0) is 48.0. The van der Waals surface area contributed by atoms with Crippen molar-refractivity contribution in [3.8, 4) is 61.7 Å². The van der Waals surface area contributed by atoms with Crippen molar-refractivity contribution in [2.75, 3.05) is 0 Å². The third-order valence-corrected chi connectivity index (χ3v) is 16.7. The van der Waals surface area contributed by atoms with Gasteiger partial charge in [0.15, 0.2) is 0 Å². The van der Waals surface area contributed by atoms with Crippen LogP contribution >= 0.6 is 0 Å². The number of benzene rings is 9. The Hall–Kier alpha value is -7.15. The van der Waals surface area contributed by atoms with Crippen molar-refractivity contribution in [2.24, 2.45) is 0 Å². The number of fused-ring (bicyclic) bond motifs is 6. The molecular formula is C62H47GeIrN3O-2. The van der Waals surface area contributed by atoms with Gasteiger partial charge < -0.3 is 8.98 Å². The first kappa shape index (κ1) is 41.1. The Labute approximate surface area is 417 Å². The average Bonchev–Trinajstić information content (AvgIpc) is 3.98. The molecule has 0 N–H and O–H groups in total. The third-order valence-electron chi connectivity index (χ3n) is 12.5. The predicted molar refractivity (Wildman–Crippen MR) is 283 cm³/mol. The van der Waals surface area contributed by atoms with Crippen LogP contribution in [0.25, 0.3) is 105 Å². The Kier molecular flexibility index (Phi) is 11.4. The fraction of sp³-hybridized carbons (Fsp3) is 0.0645. The Morgan fingerprint density at radius 3 is 1.90 bits per heavy atom. The van der Waals surface area contributed by atoms with E-state index >= 15 is 0 Å². The van der Waals surface area contributed by atoms with Gasteiger partial charge in [0.2, 0.25) is 0 Å². The van der Waals surface area contributed by atoms with E-state index in [2.05, 4.69) is 160 Å². The van der Waals surface area contributed by atoms with Gasteiger partial charge in [0.25, 0.3) is 0 Å². The monoisotopic (exact) mass is 1120 g/mol. The van der Waals surface area contributed by atoms with Gasteiger partial charge in [-0.05, 0) is 58.1 Å². The molecule has 0 aliphatic rings.